The van der Waals surface area contributed by atoms with E-state index in [1.807, 2.05) is 24.3 Å². The number of benzene rings is 5. The normalized spacial score (nSPS) is 11.4. The van der Waals surface area contributed by atoms with Crippen LogP contribution in [0.5, 0.6) is 11.5 Å². The van der Waals surface area contributed by atoms with Crippen LogP contribution in [0, 0.1) is 0 Å². The molecule has 0 fully saturated rings. The van der Waals surface area contributed by atoms with Crippen LogP contribution < -0.4 is 4.74 Å². The maximum absolute atomic E-state index is 5.78. The average Bonchev–Trinajstić information content (AvgIpc) is 2.90. The minimum absolute atomic E-state index is 0.309. The molecule has 33 heavy (non-hydrogen) atoms. The summed E-state index contributed by atoms with van der Waals surface area (Å²) >= 11 is 0. The van der Waals surface area contributed by atoms with Gasteiger partial charge in [-0.3, -0.25) is 0 Å². The highest BCUT2D eigenvalue weighted by Gasteiger charge is 2.16. The number of para-hydroxylation sites is 2. The van der Waals surface area contributed by atoms with Crippen LogP contribution in [0.25, 0.3) is 0 Å². The van der Waals surface area contributed by atoms with Gasteiger partial charge in [-0.2, -0.15) is 0 Å². The van der Waals surface area contributed by atoms with E-state index in [9.17, 15) is 0 Å². The van der Waals surface area contributed by atoms with E-state index in [0.717, 1.165) is 17.9 Å². The minimum atomic E-state index is 0.309. The van der Waals surface area contributed by atoms with Crippen molar-refractivity contribution in [1.29, 1.82) is 0 Å². The molecule has 0 unspecified atom stereocenters. The highest BCUT2D eigenvalue weighted by Crippen LogP contribution is 2.35. The Hall–Kier alpha value is -4.10. The third-order valence-corrected chi connectivity index (χ3v) is 5.94. The molecule has 0 aromatic heterocycles. The molecule has 0 saturated heterocycles. The van der Waals surface area contributed by atoms with Crippen molar-refractivity contribution in [3.8, 4) is 11.5 Å². The molecule has 1 aliphatic rings. The molecular weight excluding hydrogens is 400 g/mol. The monoisotopic (exact) mass is 426 g/mol. The Bertz CT molecular complexity index is 1110. The molecule has 6 rings (SSSR count). The molecule has 1 heteroatoms. The van der Waals surface area contributed by atoms with Crippen molar-refractivity contribution >= 4 is 0 Å². The van der Waals surface area contributed by atoms with E-state index in [0.29, 0.717) is 5.92 Å². The number of ether oxygens (including phenoxy) is 1. The fourth-order valence-corrected chi connectivity index (χ4v) is 4.34. The first-order valence-electron chi connectivity index (χ1n) is 11.4. The Morgan fingerprint density at radius 1 is 0.394 bits per heavy atom. The van der Waals surface area contributed by atoms with Crippen molar-refractivity contribution in [2.75, 3.05) is 0 Å². The van der Waals surface area contributed by atoms with Crippen LogP contribution in [-0.2, 0) is 6.42 Å². The summed E-state index contributed by atoms with van der Waals surface area (Å²) in [5.41, 5.74) is 6.54. The maximum atomic E-state index is 5.78. The van der Waals surface area contributed by atoms with Crippen molar-refractivity contribution in [2.45, 2.75) is 12.3 Å². The lowest BCUT2D eigenvalue weighted by atomic mass is 9.85. The van der Waals surface area contributed by atoms with Gasteiger partial charge in [0.25, 0.3) is 0 Å². The predicted molar refractivity (Wildman–Crippen MR) is 136 cm³/mol. The first kappa shape index (κ1) is 20.8. The van der Waals surface area contributed by atoms with Crippen molar-refractivity contribution in [2.24, 2.45) is 0 Å². The molecule has 0 N–H and O–H groups in total. The Morgan fingerprint density at radius 2 is 0.727 bits per heavy atom. The van der Waals surface area contributed by atoms with Gasteiger partial charge < -0.3 is 4.74 Å². The lowest BCUT2D eigenvalue weighted by molar-refractivity contribution is 0.460. The molecule has 0 bridgehead atoms. The van der Waals surface area contributed by atoms with E-state index in [4.69, 9.17) is 4.74 Å². The van der Waals surface area contributed by atoms with E-state index in [2.05, 4.69) is 115 Å². The molecule has 1 heterocycles. The highest BCUT2D eigenvalue weighted by atomic mass is 16.5. The lowest BCUT2D eigenvalue weighted by Gasteiger charge is -2.19. The molecular formula is C32H26O. The Labute approximate surface area is 196 Å². The maximum Gasteiger partial charge on any atom is 0.130 e. The van der Waals surface area contributed by atoms with Gasteiger partial charge in [-0.25, -0.2) is 0 Å². The van der Waals surface area contributed by atoms with Crippen LogP contribution >= 0.6 is 0 Å². The smallest absolute Gasteiger partial charge is 0.130 e. The van der Waals surface area contributed by atoms with E-state index in [-0.39, 0.29) is 0 Å². The summed E-state index contributed by atoms with van der Waals surface area (Å²) in [7, 11) is 0. The molecule has 1 nitrogen and oxygen atoms in total. The van der Waals surface area contributed by atoms with Crippen molar-refractivity contribution in [1.82, 2.24) is 0 Å². The number of fused-ring (bicyclic) bond motifs is 2. The van der Waals surface area contributed by atoms with Gasteiger partial charge in [0.15, 0.2) is 0 Å². The highest BCUT2D eigenvalue weighted by molar-refractivity contribution is 5.49. The first-order chi connectivity index (χ1) is 16.4. The second kappa shape index (κ2) is 10.0. The summed E-state index contributed by atoms with van der Waals surface area (Å²) < 4.78 is 5.78. The Balaban J connectivity index is 0.000000144. The predicted octanol–water partition coefficient (Wildman–Crippen LogP) is 8.25. The van der Waals surface area contributed by atoms with Gasteiger partial charge >= 0.3 is 0 Å². The molecule has 0 atom stereocenters. The van der Waals surface area contributed by atoms with Crippen LogP contribution in [0.1, 0.15) is 33.7 Å². The number of hydrogen-bond donors (Lipinski definition) is 0. The number of hydrogen-bond acceptors (Lipinski definition) is 1. The summed E-state index contributed by atoms with van der Waals surface area (Å²) in [6, 6.07) is 48.4. The first-order valence-corrected chi connectivity index (χ1v) is 11.4. The zero-order valence-electron chi connectivity index (χ0n) is 18.5. The lowest BCUT2D eigenvalue weighted by Crippen LogP contribution is -2.02. The van der Waals surface area contributed by atoms with Crippen LogP contribution in [0.15, 0.2) is 140 Å². The second-order valence-corrected chi connectivity index (χ2v) is 8.16. The van der Waals surface area contributed by atoms with E-state index in [1.165, 1.54) is 27.8 Å². The molecule has 160 valence electrons. The van der Waals surface area contributed by atoms with Gasteiger partial charge in [-0.15, -0.1) is 0 Å². The van der Waals surface area contributed by atoms with E-state index < -0.39 is 0 Å². The van der Waals surface area contributed by atoms with Gasteiger partial charge in [0.2, 0.25) is 0 Å². The summed E-state index contributed by atoms with van der Waals surface area (Å²) in [6.07, 6.45) is 0.979. The largest absolute Gasteiger partial charge is 0.457 e. The van der Waals surface area contributed by atoms with Crippen LogP contribution in [0.2, 0.25) is 0 Å². The van der Waals surface area contributed by atoms with Crippen LogP contribution in [-0.4, -0.2) is 0 Å². The Morgan fingerprint density at radius 3 is 1.12 bits per heavy atom. The van der Waals surface area contributed by atoms with Gasteiger partial charge in [0, 0.05) is 12.3 Å². The van der Waals surface area contributed by atoms with Crippen LogP contribution in [0.4, 0.5) is 0 Å². The van der Waals surface area contributed by atoms with Crippen molar-refractivity contribution in [3.05, 3.63) is 167 Å². The zero-order chi connectivity index (χ0) is 22.3. The van der Waals surface area contributed by atoms with Gasteiger partial charge in [-0.05, 0) is 39.9 Å². The molecule has 0 radical (unpaired) electrons. The summed E-state index contributed by atoms with van der Waals surface area (Å²) in [4.78, 5) is 0. The summed E-state index contributed by atoms with van der Waals surface area (Å²) in [6.45, 7) is 0. The third kappa shape index (κ3) is 4.88. The molecule has 5 aromatic rings. The van der Waals surface area contributed by atoms with Gasteiger partial charge in [0.05, 0.1) is 0 Å². The van der Waals surface area contributed by atoms with Gasteiger partial charge in [-0.1, -0.05) is 127 Å². The summed E-state index contributed by atoms with van der Waals surface area (Å²) in [5, 5.41) is 0. The van der Waals surface area contributed by atoms with Gasteiger partial charge in [0.1, 0.15) is 11.5 Å². The van der Waals surface area contributed by atoms with Crippen molar-refractivity contribution in [3.63, 3.8) is 0 Å². The Kier molecular flexibility index (Phi) is 6.31. The molecule has 0 aliphatic carbocycles. The average molecular weight is 427 g/mol. The SMILES string of the molecule is c1ccc(C(c2ccccc2)c2ccccc2)cc1.c1ccc2c(c1)Cc1ccccc1O2. The minimum Gasteiger partial charge on any atom is -0.457 e. The second-order valence-electron chi connectivity index (χ2n) is 8.16. The molecule has 1 aliphatic heterocycles. The topological polar surface area (TPSA) is 9.23 Å². The quantitative estimate of drug-likeness (QED) is 0.259. The van der Waals surface area contributed by atoms with E-state index in [1.54, 1.807) is 0 Å². The molecule has 0 amide bonds. The summed E-state index contributed by atoms with van der Waals surface area (Å²) in [5.74, 6) is 2.29. The van der Waals surface area contributed by atoms with Crippen molar-refractivity contribution < 1.29 is 4.74 Å². The third-order valence-electron chi connectivity index (χ3n) is 5.94. The fourth-order valence-electron chi connectivity index (χ4n) is 4.34. The molecule has 0 saturated carbocycles. The fraction of sp³-hybridized carbons (Fsp3) is 0.0625. The molecule has 0 spiro atoms. The standard InChI is InChI=1S/C19H16.C13H10O/c1-4-10-16(11-5-1)19(17-12-6-2-7-13-17)18-14-8-3-9-15-18;1-3-7-12-10(5-1)9-11-6-2-4-8-13(11)14-12/h1-15,19H;1-8H,9H2. The van der Waals surface area contributed by atoms with Crippen LogP contribution in [0.3, 0.4) is 0 Å². The number of rotatable bonds is 3. The van der Waals surface area contributed by atoms with E-state index >= 15 is 0 Å². The molecule has 5 aromatic carbocycles. The zero-order valence-corrected chi connectivity index (χ0v) is 18.5.